The molecule has 1 aromatic carbocycles. The fourth-order valence-electron chi connectivity index (χ4n) is 3.38. The van der Waals surface area contributed by atoms with Gasteiger partial charge in [0.15, 0.2) is 0 Å². The summed E-state index contributed by atoms with van der Waals surface area (Å²) in [6.45, 7) is 8.45. The molecular formula is C22H29N5O2. The number of amides is 1. The number of carbonyl (C=O) groups is 1. The molecule has 0 saturated carbocycles. The van der Waals surface area contributed by atoms with Crippen molar-refractivity contribution in [2.75, 3.05) is 13.1 Å². The summed E-state index contributed by atoms with van der Waals surface area (Å²) >= 11 is 0. The van der Waals surface area contributed by atoms with E-state index in [2.05, 4.69) is 53.4 Å². The highest BCUT2D eigenvalue weighted by molar-refractivity contribution is 5.75. The van der Waals surface area contributed by atoms with Gasteiger partial charge < -0.3 is 5.32 Å². The summed E-state index contributed by atoms with van der Waals surface area (Å²) in [6, 6.07) is 14.3. The molecule has 1 amide bonds. The van der Waals surface area contributed by atoms with Gasteiger partial charge in [0.2, 0.25) is 5.91 Å². The summed E-state index contributed by atoms with van der Waals surface area (Å²) in [7, 11) is 0. The summed E-state index contributed by atoms with van der Waals surface area (Å²) in [5.74, 6) is 0.472. The Morgan fingerprint density at radius 1 is 1.17 bits per heavy atom. The maximum absolute atomic E-state index is 12.4. The Balaban J connectivity index is 1.49. The van der Waals surface area contributed by atoms with E-state index in [0.717, 1.165) is 19.5 Å². The van der Waals surface area contributed by atoms with E-state index in [0.29, 0.717) is 23.9 Å². The molecule has 7 heteroatoms. The fraction of sp³-hybridized carbons (Fsp3) is 0.409. The zero-order valence-corrected chi connectivity index (χ0v) is 17.3. The molecule has 0 aliphatic rings. The predicted molar refractivity (Wildman–Crippen MR) is 114 cm³/mol. The number of nitrogens with one attached hydrogen (secondary N) is 1. The van der Waals surface area contributed by atoms with Crippen LogP contribution in [0.3, 0.4) is 0 Å². The third kappa shape index (κ3) is 5.32. The number of rotatable bonds is 9. The van der Waals surface area contributed by atoms with Gasteiger partial charge in [0, 0.05) is 31.9 Å². The van der Waals surface area contributed by atoms with Crippen LogP contribution in [-0.4, -0.2) is 44.1 Å². The Morgan fingerprint density at radius 2 is 1.93 bits per heavy atom. The molecule has 0 fully saturated rings. The molecule has 0 spiro atoms. The van der Waals surface area contributed by atoms with Crippen LogP contribution >= 0.6 is 0 Å². The number of nitrogens with zero attached hydrogens (tertiary/aromatic N) is 4. The Labute approximate surface area is 171 Å². The molecule has 0 aliphatic carbocycles. The van der Waals surface area contributed by atoms with E-state index in [-0.39, 0.29) is 18.0 Å². The molecule has 3 rings (SSSR count). The highest BCUT2D eigenvalue weighted by atomic mass is 16.2. The molecule has 154 valence electrons. The van der Waals surface area contributed by atoms with Crippen LogP contribution in [0, 0.1) is 6.92 Å². The maximum atomic E-state index is 12.4. The summed E-state index contributed by atoms with van der Waals surface area (Å²) < 4.78 is 2.96. The van der Waals surface area contributed by atoms with Crippen molar-refractivity contribution in [1.29, 1.82) is 0 Å². The van der Waals surface area contributed by atoms with Crippen LogP contribution in [0.5, 0.6) is 0 Å². The topological polar surface area (TPSA) is 71.6 Å². The fourth-order valence-corrected chi connectivity index (χ4v) is 3.38. The largest absolute Gasteiger partial charge is 0.354 e. The van der Waals surface area contributed by atoms with Gasteiger partial charge in [0.1, 0.15) is 17.9 Å². The SMILES string of the molecule is Cc1nn(CC(=O)NCCCN(Cc2ccccc2)C(C)C)c(=O)c2cccn12. The van der Waals surface area contributed by atoms with E-state index in [1.54, 1.807) is 22.7 Å². The monoisotopic (exact) mass is 395 g/mol. The quantitative estimate of drug-likeness (QED) is 0.564. The average molecular weight is 396 g/mol. The van der Waals surface area contributed by atoms with Gasteiger partial charge in [-0.15, -0.1) is 0 Å². The highest BCUT2D eigenvalue weighted by Gasteiger charge is 2.12. The molecule has 7 nitrogen and oxygen atoms in total. The highest BCUT2D eigenvalue weighted by Crippen LogP contribution is 2.08. The van der Waals surface area contributed by atoms with E-state index in [1.165, 1.54) is 10.2 Å². The Bertz CT molecular complexity index is 1010. The van der Waals surface area contributed by atoms with Gasteiger partial charge >= 0.3 is 0 Å². The lowest BCUT2D eigenvalue weighted by Crippen LogP contribution is -2.37. The molecule has 3 aromatic rings. The minimum atomic E-state index is -0.260. The molecule has 0 bridgehead atoms. The third-order valence-electron chi connectivity index (χ3n) is 5.01. The molecule has 1 N–H and O–H groups in total. The Hall–Kier alpha value is -2.93. The summed E-state index contributed by atoms with van der Waals surface area (Å²) in [4.78, 5) is 27.1. The number of benzene rings is 1. The standard InChI is InChI=1S/C22H29N5O2/c1-17(2)25(15-19-9-5-4-6-10-19)13-8-12-23-21(28)16-27-22(29)20-11-7-14-26(20)18(3)24-27/h4-7,9-11,14,17H,8,12-13,15-16H2,1-3H3,(H,23,28). The van der Waals surface area contributed by atoms with E-state index in [9.17, 15) is 9.59 Å². The molecule has 29 heavy (non-hydrogen) atoms. The molecule has 0 unspecified atom stereocenters. The van der Waals surface area contributed by atoms with Gasteiger partial charge in [-0.1, -0.05) is 30.3 Å². The van der Waals surface area contributed by atoms with Crippen molar-refractivity contribution in [3.05, 3.63) is 70.4 Å². The van der Waals surface area contributed by atoms with Crippen molar-refractivity contribution >= 4 is 11.4 Å². The number of aromatic nitrogens is 3. The second-order valence-electron chi connectivity index (χ2n) is 7.53. The number of fused-ring (bicyclic) bond motifs is 1. The van der Waals surface area contributed by atoms with Gasteiger partial charge in [0.05, 0.1) is 0 Å². The molecule has 0 aliphatic heterocycles. The minimum Gasteiger partial charge on any atom is -0.354 e. The van der Waals surface area contributed by atoms with E-state index in [1.807, 2.05) is 13.0 Å². The first-order valence-electron chi connectivity index (χ1n) is 10.0. The maximum Gasteiger partial charge on any atom is 0.291 e. The summed E-state index contributed by atoms with van der Waals surface area (Å²) in [5, 5.41) is 7.14. The van der Waals surface area contributed by atoms with Gasteiger partial charge in [-0.25, -0.2) is 4.68 Å². The van der Waals surface area contributed by atoms with Crippen LogP contribution in [0.2, 0.25) is 0 Å². The van der Waals surface area contributed by atoms with Crippen LogP contribution in [-0.2, 0) is 17.9 Å². The van der Waals surface area contributed by atoms with Crippen LogP contribution in [0.25, 0.3) is 5.52 Å². The number of hydrogen-bond acceptors (Lipinski definition) is 4. The molecule has 0 atom stereocenters. The van der Waals surface area contributed by atoms with Crippen molar-refractivity contribution < 1.29 is 4.79 Å². The van der Waals surface area contributed by atoms with E-state index in [4.69, 9.17) is 0 Å². The van der Waals surface area contributed by atoms with Crippen LogP contribution in [0.1, 0.15) is 31.7 Å². The molecule has 2 heterocycles. The normalized spacial score (nSPS) is 11.5. The predicted octanol–water partition coefficient (Wildman–Crippen LogP) is 2.22. The van der Waals surface area contributed by atoms with Gasteiger partial charge in [-0.05, 0) is 44.9 Å². The second kappa shape index (κ2) is 9.52. The zero-order chi connectivity index (χ0) is 20.8. The molecule has 0 radical (unpaired) electrons. The van der Waals surface area contributed by atoms with Crippen molar-refractivity contribution in [2.45, 2.75) is 46.3 Å². The summed E-state index contributed by atoms with van der Waals surface area (Å²) in [6.07, 6.45) is 2.63. The number of hydrogen-bond donors (Lipinski definition) is 1. The summed E-state index contributed by atoms with van der Waals surface area (Å²) in [5.41, 5.74) is 1.55. The van der Waals surface area contributed by atoms with Crippen LogP contribution < -0.4 is 10.9 Å². The molecule has 0 saturated heterocycles. The van der Waals surface area contributed by atoms with Crippen molar-refractivity contribution in [3.63, 3.8) is 0 Å². The van der Waals surface area contributed by atoms with Crippen LogP contribution in [0.15, 0.2) is 53.5 Å². The van der Waals surface area contributed by atoms with Crippen molar-refractivity contribution in [1.82, 2.24) is 24.4 Å². The lowest BCUT2D eigenvalue weighted by molar-refractivity contribution is -0.121. The van der Waals surface area contributed by atoms with Crippen LogP contribution in [0.4, 0.5) is 0 Å². The lowest BCUT2D eigenvalue weighted by atomic mass is 10.2. The van der Waals surface area contributed by atoms with Crippen molar-refractivity contribution in [2.24, 2.45) is 0 Å². The van der Waals surface area contributed by atoms with Gasteiger partial charge in [0.25, 0.3) is 5.56 Å². The first-order valence-corrected chi connectivity index (χ1v) is 10.0. The average Bonchev–Trinajstić information content (AvgIpc) is 3.19. The van der Waals surface area contributed by atoms with E-state index < -0.39 is 0 Å². The number of aryl methyl sites for hydroxylation is 1. The first-order chi connectivity index (χ1) is 14.0. The van der Waals surface area contributed by atoms with Crippen molar-refractivity contribution in [3.8, 4) is 0 Å². The number of carbonyl (C=O) groups excluding carboxylic acids is 1. The lowest BCUT2D eigenvalue weighted by Gasteiger charge is -2.26. The molecular weight excluding hydrogens is 366 g/mol. The molecule has 2 aromatic heterocycles. The Morgan fingerprint density at radius 3 is 2.66 bits per heavy atom. The van der Waals surface area contributed by atoms with Gasteiger partial charge in [-0.2, -0.15) is 5.10 Å². The second-order valence-corrected chi connectivity index (χ2v) is 7.53. The minimum absolute atomic E-state index is 0.0702. The Kier molecular flexibility index (Phi) is 6.82. The van der Waals surface area contributed by atoms with Gasteiger partial charge in [-0.3, -0.25) is 18.9 Å². The zero-order valence-electron chi connectivity index (χ0n) is 17.3. The smallest absolute Gasteiger partial charge is 0.291 e. The first kappa shape index (κ1) is 20.8. The third-order valence-corrected chi connectivity index (χ3v) is 5.01. The van der Waals surface area contributed by atoms with E-state index >= 15 is 0 Å².